The average Bonchev–Trinajstić information content (AvgIpc) is 1.71. The summed E-state index contributed by atoms with van der Waals surface area (Å²) < 4.78 is 0. The highest BCUT2D eigenvalue weighted by atomic mass is 33.1. The molecule has 15 atom stereocenters. The van der Waals surface area contributed by atoms with E-state index < -0.39 is 236 Å². The number of nitrogens with two attached hydrogens (primary N) is 3. The molecule has 1 unspecified atom stereocenters. The Labute approximate surface area is 677 Å². The molecule has 4 aromatic rings. The van der Waals surface area contributed by atoms with E-state index in [1.165, 1.54) is 13.8 Å². The maximum absolute atomic E-state index is 15.5. The minimum absolute atomic E-state index is 0.0210. The van der Waals surface area contributed by atoms with Crippen LogP contribution in [0.3, 0.4) is 0 Å². The van der Waals surface area contributed by atoms with Gasteiger partial charge in [-0.15, -0.1) is 0 Å². The molecule has 0 spiro atoms. The molecule has 1 saturated heterocycles. The number of amides is 9. The van der Waals surface area contributed by atoms with Gasteiger partial charge < -0.3 is 80.2 Å². The number of unbranched alkanes of at least 4 members (excludes halogenated alkanes) is 3. The van der Waals surface area contributed by atoms with Gasteiger partial charge in [0.15, 0.2) is 28.9 Å². The summed E-state index contributed by atoms with van der Waals surface area (Å²) in [5.41, 5.74) is 21.4. The van der Waals surface area contributed by atoms with Crippen LogP contribution in [0.4, 0.5) is 0 Å². The molecular formula is C83H111N11O19S2. The molecule has 9 amide bonds. The third-order valence-electron chi connectivity index (χ3n) is 20.1. The lowest BCUT2D eigenvalue weighted by molar-refractivity contribution is -0.142. The number of rotatable bonds is 27. The minimum atomic E-state index is -1.81. The Kier molecular flexibility index (Phi) is 39.7. The number of allylic oxidation sites excluding steroid dienone is 1. The predicted molar refractivity (Wildman–Crippen MR) is 433 cm³/mol. The second-order valence-corrected chi connectivity index (χ2v) is 32.1. The van der Waals surface area contributed by atoms with Crippen molar-refractivity contribution in [2.45, 2.75) is 204 Å². The number of fused-ring (bicyclic) bond motifs is 1. The van der Waals surface area contributed by atoms with E-state index in [0.29, 0.717) is 54.4 Å². The van der Waals surface area contributed by atoms with E-state index >= 15 is 14.4 Å². The first-order valence-corrected chi connectivity index (χ1v) is 41.5. The molecule has 32 heteroatoms. The van der Waals surface area contributed by atoms with Crippen molar-refractivity contribution >= 4 is 115 Å². The standard InChI is InChI=1S/C83H111N11O19S2/c1-5-6-10-30-64-81(110)94-74(50(4)97)70(101)41-57(35-52-23-13-8-14-24-52)78(107)93-73(49(3)96)71(102)42-59(45-95)79(108)92-67(83(112)113)47-115-114-46-60(37-61(98)44-87-75(104)48(2)85)80(109)88-63(29-19-20-33-84)68(99)40-58(43-72(86)103)77(106)90-65(36-53-25-15-9-16-26-53)69(100)39-56(34-51-21-11-7-12-22-51)76(105)91-66(82(111)89-64)38-55-32-31-54-27-17-18-28-62(54)55/h7-9,11-18,21-28,32,48-50,56-60,63-67,73-74,95-97H,5-6,10,19-20,29-31,33-47,84-85H2,1-4H3,(H2,86,103)(H,87,104)(H,88,109)(H,89,111)(H,90,106)(H,91,105)(H,92,108)(H,93,107)(H,94,110)(H,112,113)/t48-,49+,50+,56+,57+,58-,59-,60-,63-,64?,65-,66-,67-,73-,74-/m0/s1. The highest BCUT2D eigenvalue weighted by Crippen LogP contribution is 2.32. The van der Waals surface area contributed by atoms with Gasteiger partial charge in [-0.05, 0) is 112 Å². The molecule has 2 aliphatic rings. The fraction of sp³-hybridized carbons (Fsp3) is 0.506. The Morgan fingerprint density at radius 1 is 0.496 bits per heavy atom. The van der Waals surface area contributed by atoms with Crippen molar-refractivity contribution in [1.29, 1.82) is 0 Å². The SMILES string of the molecule is CCCCCC1NC(=O)[C@H](CC2=CCc3ccccc32)NC(=O)[C@H](Cc2ccccc2)CC(=O)[C@H](Cc2ccccc2)NC(=O)[C@H](CC(N)=O)CC(=O)[C@H](CCCCN)NC(=O)[C@@H](CC(=O)CNC(=O)[C@H](C)N)CSSC[C@@H](C(=O)O)NC(=O)[C@H](CO)CC(=O)[C@H]([C@@H](C)O)NC(=O)[C@H](Cc2ccccc2)CC(=O)[C@H]([C@@H](C)O)NC1=O. The number of carbonyl (C=O) groups is 15. The summed E-state index contributed by atoms with van der Waals surface area (Å²) in [4.78, 5) is 215. The molecule has 6 rings (SSSR count). The maximum Gasteiger partial charge on any atom is 0.327 e. The van der Waals surface area contributed by atoms with Gasteiger partial charge in [-0.3, -0.25) is 67.1 Å². The lowest BCUT2D eigenvalue weighted by Gasteiger charge is -2.29. The van der Waals surface area contributed by atoms with Crippen molar-refractivity contribution in [2.75, 3.05) is 31.2 Å². The number of nitrogens with one attached hydrogen (secondary N) is 8. The van der Waals surface area contributed by atoms with E-state index in [9.17, 15) is 78.0 Å². The summed E-state index contributed by atoms with van der Waals surface area (Å²) in [6, 6.07) is 20.8. The number of carbonyl (C=O) groups excluding carboxylic acids is 14. The second-order valence-electron chi connectivity index (χ2n) is 29.6. The Balaban J connectivity index is 1.47. The van der Waals surface area contributed by atoms with Gasteiger partial charge in [-0.1, -0.05) is 169 Å². The van der Waals surface area contributed by atoms with Crippen LogP contribution >= 0.6 is 21.6 Å². The number of carboxylic acids is 1. The molecule has 115 heavy (non-hydrogen) atoms. The molecule has 0 bridgehead atoms. The van der Waals surface area contributed by atoms with Crippen LogP contribution in [-0.2, 0) is 97.6 Å². The summed E-state index contributed by atoms with van der Waals surface area (Å²) in [6.07, 6.45) is -3.75. The van der Waals surface area contributed by atoms with E-state index in [2.05, 4.69) is 42.5 Å². The van der Waals surface area contributed by atoms with Gasteiger partial charge in [0.25, 0.3) is 0 Å². The van der Waals surface area contributed by atoms with Gasteiger partial charge >= 0.3 is 5.97 Å². The highest BCUT2D eigenvalue weighted by molar-refractivity contribution is 8.76. The van der Waals surface area contributed by atoms with Crippen LogP contribution in [-0.4, -0.2) is 200 Å². The van der Waals surface area contributed by atoms with Crippen molar-refractivity contribution in [3.63, 3.8) is 0 Å². The molecule has 624 valence electrons. The van der Waals surface area contributed by atoms with Crippen LogP contribution in [0.15, 0.2) is 121 Å². The van der Waals surface area contributed by atoms with Gasteiger partial charge in [0, 0.05) is 68.3 Å². The van der Waals surface area contributed by atoms with Gasteiger partial charge in [0.1, 0.15) is 30.2 Å². The summed E-state index contributed by atoms with van der Waals surface area (Å²) in [6.45, 7) is 4.19. The summed E-state index contributed by atoms with van der Waals surface area (Å²) in [5.74, 6) is -21.9. The van der Waals surface area contributed by atoms with Crippen molar-refractivity contribution in [3.8, 4) is 0 Å². The van der Waals surface area contributed by atoms with Crippen molar-refractivity contribution in [3.05, 3.63) is 149 Å². The zero-order valence-electron chi connectivity index (χ0n) is 65.4. The second kappa shape index (κ2) is 48.5. The Morgan fingerprint density at radius 3 is 1.50 bits per heavy atom. The normalized spacial score (nSPS) is 24.4. The number of aliphatic hydroxyl groups excluding tert-OH is 3. The van der Waals surface area contributed by atoms with Gasteiger partial charge in [0.2, 0.25) is 53.2 Å². The number of ketones is 5. The lowest BCUT2D eigenvalue weighted by atomic mass is 9.88. The topological polar surface area (TPSA) is 511 Å². The van der Waals surface area contributed by atoms with E-state index in [4.69, 9.17) is 17.2 Å². The third-order valence-corrected chi connectivity index (χ3v) is 22.6. The van der Waals surface area contributed by atoms with Crippen molar-refractivity contribution < 1.29 is 92.3 Å². The van der Waals surface area contributed by atoms with Crippen LogP contribution in [0.1, 0.15) is 145 Å². The fourth-order valence-corrected chi connectivity index (χ4v) is 16.0. The Hall–Kier alpha value is -9.83. The number of hydrogen-bond acceptors (Lipinski definition) is 22. The number of aliphatic hydroxyl groups is 3. The van der Waals surface area contributed by atoms with Crippen molar-refractivity contribution in [1.82, 2.24) is 42.5 Å². The van der Waals surface area contributed by atoms with Crippen LogP contribution < -0.4 is 59.7 Å². The van der Waals surface area contributed by atoms with Gasteiger partial charge in [-0.2, -0.15) is 0 Å². The average molecular weight is 1630 g/mol. The number of aliphatic carboxylic acids is 1. The van der Waals surface area contributed by atoms with E-state index in [1.54, 1.807) is 91.0 Å². The molecule has 1 fully saturated rings. The Morgan fingerprint density at radius 2 is 0.948 bits per heavy atom. The molecule has 4 aromatic carbocycles. The summed E-state index contributed by atoms with van der Waals surface area (Å²) in [7, 11) is 1.69. The van der Waals surface area contributed by atoms with Crippen LogP contribution in [0.2, 0.25) is 0 Å². The maximum atomic E-state index is 15.5. The molecule has 18 N–H and O–H groups in total. The molecule has 30 nitrogen and oxygen atoms in total. The fourth-order valence-electron chi connectivity index (χ4n) is 13.5. The molecule has 0 saturated carbocycles. The van der Waals surface area contributed by atoms with Crippen LogP contribution in [0.5, 0.6) is 0 Å². The number of hydrogen-bond donors (Lipinski definition) is 15. The molecule has 1 heterocycles. The molecule has 1 aliphatic carbocycles. The zero-order valence-corrected chi connectivity index (χ0v) is 67.1. The van der Waals surface area contributed by atoms with Crippen LogP contribution in [0, 0.1) is 29.6 Å². The Bertz CT molecular complexity index is 4020. The lowest BCUT2D eigenvalue weighted by Crippen LogP contribution is -2.58. The van der Waals surface area contributed by atoms with Crippen LogP contribution in [0.25, 0.3) is 5.57 Å². The molecule has 0 radical (unpaired) electrons. The monoisotopic (exact) mass is 1630 g/mol. The van der Waals surface area contributed by atoms with E-state index in [1.807, 2.05) is 37.3 Å². The number of primary amides is 1. The first-order valence-electron chi connectivity index (χ1n) is 39.0. The third kappa shape index (κ3) is 31.4. The highest BCUT2D eigenvalue weighted by Gasteiger charge is 2.40. The number of benzene rings is 4. The first kappa shape index (κ1) is 94.0. The number of carboxylic acid groups (broad SMARTS) is 1. The van der Waals surface area contributed by atoms with Gasteiger partial charge in [-0.25, -0.2) is 4.79 Å². The summed E-state index contributed by atoms with van der Waals surface area (Å²) >= 11 is 0. The van der Waals surface area contributed by atoms with E-state index in [-0.39, 0.29) is 57.2 Å². The molecular weight excluding hydrogens is 1520 g/mol. The zero-order chi connectivity index (χ0) is 84.3. The predicted octanol–water partition coefficient (Wildman–Crippen LogP) is 2.30. The quantitative estimate of drug-likeness (QED) is 0.0301. The van der Waals surface area contributed by atoms with E-state index in [0.717, 1.165) is 39.6 Å². The summed E-state index contributed by atoms with van der Waals surface area (Å²) in [5, 5.41) is 64.5. The van der Waals surface area contributed by atoms with Crippen molar-refractivity contribution in [2.24, 2.45) is 46.8 Å². The smallest absolute Gasteiger partial charge is 0.327 e. The number of Topliss-reactive ketones (excluding diaryl/α,β-unsaturated/α-hetero) is 5. The molecule has 1 aliphatic heterocycles. The minimum Gasteiger partial charge on any atom is -0.480 e. The van der Waals surface area contributed by atoms with Gasteiger partial charge in [0.05, 0.1) is 61.2 Å². The first-order chi connectivity index (χ1) is 54.9. The molecule has 0 aromatic heterocycles. The largest absolute Gasteiger partial charge is 0.480 e.